The van der Waals surface area contributed by atoms with Gasteiger partial charge in [0.1, 0.15) is 16.2 Å². The molecule has 2 aromatic carbocycles. The van der Waals surface area contributed by atoms with Gasteiger partial charge in [0.15, 0.2) is 0 Å². The number of rotatable bonds is 7. The van der Waals surface area contributed by atoms with E-state index in [4.69, 9.17) is 13.9 Å². The highest BCUT2D eigenvalue weighted by Gasteiger charge is 2.20. The molecule has 0 aliphatic carbocycles. The standard InChI is InChI=1S/C27H25NO5S/c1-5-32-24-17(3)25-20(21(15-33-25)18-9-7-6-8-10-18)14-19(24)16(2)13-23(29)28-22-11-12-34-26(22)27(30)31-4/h6-15H,5H2,1-4H3,(H,28,29)/b16-13+. The Kier molecular flexibility index (Phi) is 6.84. The minimum atomic E-state index is -0.487. The molecule has 0 aliphatic heterocycles. The summed E-state index contributed by atoms with van der Waals surface area (Å²) in [4.78, 5) is 25.1. The molecular formula is C27H25NO5S. The summed E-state index contributed by atoms with van der Waals surface area (Å²) in [5.74, 6) is -0.160. The van der Waals surface area contributed by atoms with Crippen LogP contribution in [0.5, 0.6) is 5.75 Å². The molecule has 0 spiro atoms. The van der Waals surface area contributed by atoms with Crippen LogP contribution in [-0.2, 0) is 9.53 Å². The van der Waals surface area contributed by atoms with Crippen molar-refractivity contribution in [2.75, 3.05) is 19.0 Å². The molecular weight excluding hydrogens is 450 g/mol. The molecule has 1 N–H and O–H groups in total. The topological polar surface area (TPSA) is 77.8 Å². The molecule has 7 heteroatoms. The van der Waals surface area contributed by atoms with Gasteiger partial charge in [0, 0.05) is 28.2 Å². The number of fused-ring (bicyclic) bond motifs is 1. The lowest BCUT2D eigenvalue weighted by Crippen LogP contribution is -2.11. The van der Waals surface area contributed by atoms with E-state index in [9.17, 15) is 9.59 Å². The summed E-state index contributed by atoms with van der Waals surface area (Å²) in [6, 6.07) is 13.7. The van der Waals surface area contributed by atoms with Crippen LogP contribution in [0, 0.1) is 6.92 Å². The van der Waals surface area contributed by atoms with Crippen LogP contribution >= 0.6 is 11.3 Å². The molecule has 0 radical (unpaired) electrons. The quantitative estimate of drug-likeness (QED) is 0.238. The maximum Gasteiger partial charge on any atom is 0.350 e. The number of thiophene rings is 1. The third-order valence-corrected chi connectivity index (χ3v) is 6.38. The smallest absolute Gasteiger partial charge is 0.350 e. The first-order valence-electron chi connectivity index (χ1n) is 10.8. The van der Waals surface area contributed by atoms with Gasteiger partial charge < -0.3 is 19.2 Å². The summed E-state index contributed by atoms with van der Waals surface area (Å²) in [7, 11) is 1.31. The molecule has 0 aliphatic rings. The van der Waals surface area contributed by atoms with Crippen molar-refractivity contribution in [3.05, 3.63) is 76.2 Å². The van der Waals surface area contributed by atoms with Crippen LogP contribution in [-0.4, -0.2) is 25.6 Å². The Morgan fingerprint density at radius 2 is 1.94 bits per heavy atom. The van der Waals surface area contributed by atoms with Gasteiger partial charge >= 0.3 is 5.97 Å². The van der Waals surface area contributed by atoms with Crippen LogP contribution in [0.25, 0.3) is 27.7 Å². The molecule has 0 atom stereocenters. The van der Waals surface area contributed by atoms with Crippen LogP contribution in [0.3, 0.4) is 0 Å². The third kappa shape index (κ3) is 4.47. The van der Waals surface area contributed by atoms with E-state index < -0.39 is 5.97 Å². The van der Waals surface area contributed by atoms with E-state index in [1.54, 1.807) is 17.7 Å². The van der Waals surface area contributed by atoms with E-state index in [1.165, 1.54) is 24.5 Å². The van der Waals surface area contributed by atoms with Crippen molar-refractivity contribution in [3.63, 3.8) is 0 Å². The van der Waals surface area contributed by atoms with Crippen LogP contribution in [0.1, 0.15) is 34.6 Å². The molecule has 0 unspecified atom stereocenters. The number of furan rings is 1. The molecule has 4 rings (SSSR count). The largest absolute Gasteiger partial charge is 0.493 e. The van der Waals surface area contributed by atoms with Crippen molar-refractivity contribution in [2.24, 2.45) is 0 Å². The number of ether oxygens (including phenoxy) is 2. The fourth-order valence-corrected chi connectivity index (χ4v) is 4.65. The van der Waals surface area contributed by atoms with Crippen molar-refractivity contribution in [2.45, 2.75) is 20.8 Å². The number of nitrogens with one attached hydrogen (secondary N) is 1. The lowest BCUT2D eigenvalue weighted by Gasteiger charge is -2.15. The SMILES string of the molecule is CCOc1c(/C(C)=C/C(=O)Nc2ccsc2C(=O)OC)cc2c(-c3ccccc3)coc2c1C. The number of carbonyl (C=O) groups excluding carboxylic acids is 2. The zero-order valence-electron chi connectivity index (χ0n) is 19.4. The second-order valence-electron chi connectivity index (χ2n) is 7.67. The monoisotopic (exact) mass is 475 g/mol. The van der Waals surface area contributed by atoms with Crippen molar-refractivity contribution < 1.29 is 23.5 Å². The van der Waals surface area contributed by atoms with Crippen molar-refractivity contribution in [1.29, 1.82) is 0 Å². The molecule has 2 heterocycles. The molecule has 4 aromatic rings. The average Bonchev–Trinajstić information content (AvgIpc) is 3.48. The number of aryl methyl sites for hydroxylation is 1. The van der Waals surface area contributed by atoms with E-state index in [1.807, 2.05) is 57.2 Å². The first kappa shape index (κ1) is 23.3. The first-order chi connectivity index (χ1) is 16.4. The van der Waals surface area contributed by atoms with Crippen molar-refractivity contribution in [1.82, 2.24) is 0 Å². The summed E-state index contributed by atoms with van der Waals surface area (Å²) in [5, 5.41) is 5.45. The number of esters is 1. The van der Waals surface area contributed by atoms with Crippen LogP contribution in [0.4, 0.5) is 5.69 Å². The fourth-order valence-electron chi connectivity index (χ4n) is 3.88. The molecule has 0 saturated carbocycles. The van der Waals surface area contributed by atoms with E-state index in [0.29, 0.717) is 22.9 Å². The van der Waals surface area contributed by atoms with Crippen LogP contribution < -0.4 is 10.1 Å². The van der Waals surface area contributed by atoms with Gasteiger partial charge in [0.25, 0.3) is 0 Å². The van der Waals surface area contributed by atoms with Gasteiger partial charge in [-0.3, -0.25) is 4.79 Å². The van der Waals surface area contributed by atoms with Crippen molar-refractivity contribution >= 4 is 45.4 Å². The fraction of sp³-hybridized carbons (Fsp3) is 0.185. The Hall–Kier alpha value is -3.84. The van der Waals surface area contributed by atoms with E-state index >= 15 is 0 Å². The minimum Gasteiger partial charge on any atom is -0.493 e. The van der Waals surface area contributed by atoms with Crippen LogP contribution in [0.2, 0.25) is 0 Å². The molecule has 0 fully saturated rings. The van der Waals surface area contributed by atoms with Gasteiger partial charge in [-0.05, 0) is 49.4 Å². The highest BCUT2D eigenvalue weighted by Crippen LogP contribution is 2.40. The number of benzene rings is 2. The van der Waals surface area contributed by atoms with E-state index in [-0.39, 0.29) is 5.91 Å². The maximum absolute atomic E-state index is 12.8. The zero-order valence-corrected chi connectivity index (χ0v) is 20.2. The summed E-state index contributed by atoms with van der Waals surface area (Å²) in [5.41, 5.74) is 5.59. The molecule has 2 aromatic heterocycles. The third-order valence-electron chi connectivity index (χ3n) is 5.48. The second kappa shape index (κ2) is 9.97. The maximum atomic E-state index is 12.8. The predicted molar refractivity (Wildman–Crippen MR) is 135 cm³/mol. The lowest BCUT2D eigenvalue weighted by atomic mass is 9.96. The number of amides is 1. The summed E-state index contributed by atoms with van der Waals surface area (Å²) in [6.45, 7) is 6.21. The van der Waals surface area contributed by atoms with Crippen molar-refractivity contribution in [3.8, 4) is 16.9 Å². The molecule has 34 heavy (non-hydrogen) atoms. The first-order valence-corrected chi connectivity index (χ1v) is 11.7. The number of allylic oxidation sites excluding steroid dienone is 1. The Labute approximate surface area is 201 Å². The highest BCUT2D eigenvalue weighted by atomic mass is 32.1. The average molecular weight is 476 g/mol. The Morgan fingerprint density at radius 1 is 1.18 bits per heavy atom. The Morgan fingerprint density at radius 3 is 2.65 bits per heavy atom. The molecule has 1 amide bonds. The summed E-state index contributed by atoms with van der Waals surface area (Å²) < 4.78 is 16.7. The predicted octanol–water partition coefficient (Wildman–Crippen LogP) is 6.70. The van der Waals surface area contributed by atoms with E-state index in [2.05, 4.69) is 5.32 Å². The minimum absolute atomic E-state index is 0.347. The molecule has 0 bridgehead atoms. The van der Waals surface area contributed by atoms with Gasteiger partial charge in [-0.25, -0.2) is 4.79 Å². The van der Waals surface area contributed by atoms with Gasteiger partial charge in [-0.2, -0.15) is 0 Å². The number of hydrogen-bond acceptors (Lipinski definition) is 6. The van der Waals surface area contributed by atoms with E-state index in [0.717, 1.165) is 38.8 Å². The van der Waals surface area contributed by atoms with Gasteiger partial charge in [0.2, 0.25) is 5.91 Å². The lowest BCUT2D eigenvalue weighted by molar-refractivity contribution is -0.111. The van der Waals surface area contributed by atoms with Gasteiger partial charge in [-0.1, -0.05) is 30.3 Å². The normalized spacial score (nSPS) is 11.5. The van der Waals surface area contributed by atoms with Gasteiger partial charge in [0.05, 0.1) is 25.7 Å². The number of hydrogen-bond donors (Lipinski definition) is 1. The highest BCUT2D eigenvalue weighted by molar-refractivity contribution is 7.12. The van der Waals surface area contributed by atoms with Gasteiger partial charge in [-0.15, -0.1) is 11.3 Å². The summed E-state index contributed by atoms with van der Waals surface area (Å²) >= 11 is 1.21. The number of anilines is 1. The molecule has 6 nitrogen and oxygen atoms in total. The molecule has 174 valence electrons. The molecule has 0 saturated heterocycles. The Bertz CT molecular complexity index is 1380. The van der Waals surface area contributed by atoms with Crippen LogP contribution in [0.15, 0.2) is 64.6 Å². The number of carbonyl (C=O) groups is 2. The zero-order chi connectivity index (χ0) is 24.2. The number of methoxy groups -OCH3 is 1. The Balaban J connectivity index is 1.75. The second-order valence-corrected chi connectivity index (χ2v) is 8.59. The summed E-state index contributed by atoms with van der Waals surface area (Å²) in [6.07, 6.45) is 3.26.